The average Bonchev–Trinajstić information content (AvgIpc) is 2.04. The molecule has 1 aromatic rings. The smallest absolute Gasteiger partial charge is 0.266 e. The molecule has 3 N–H and O–H groups in total. The highest BCUT2D eigenvalue weighted by Gasteiger charge is 2.05. The number of halogens is 2. The van der Waals surface area contributed by atoms with E-state index in [9.17, 15) is 4.79 Å². The van der Waals surface area contributed by atoms with Crippen LogP contribution in [0.1, 0.15) is 10.4 Å². The lowest BCUT2D eigenvalue weighted by Crippen LogP contribution is -2.30. The van der Waals surface area contributed by atoms with Crippen LogP contribution in [0.25, 0.3) is 0 Å². The van der Waals surface area contributed by atoms with E-state index in [1.165, 1.54) is 0 Å². The lowest BCUT2D eigenvalue weighted by molar-refractivity contribution is 0.0954. The predicted octanol–water partition coefficient (Wildman–Crippen LogP) is 1.37. The van der Waals surface area contributed by atoms with Crippen LogP contribution in [-0.4, -0.2) is 5.91 Å². The molecule has 0 radical (unpaired) electrons. The van der Waals surface area contributed by atoms with Gasteiger partial charge in [0.15, 0.2) is 0 Å². The number of hydrogen-bond donors (Lipinski definition) is 2. The Hall–Kier alpha value is -0.770. The van der Waals surface area contributed by atoms with Crippen molar-refractivity contribution in [2.75, 3.05) is 0 Å². The summed E-state index contributed by atoms with van der Waals surface area (Å²) in [4.78, 5) is 10.9. The van der Waals surface area contributed by atoms with Gasteiger partial charge in [-0.15, -0.1) is 12.4 Å². The van der Waals surface area contributed by atoms with E-state index in [0.29, 0.717) is 10.6 Å². The van der Waals surface area contributed by atoms with Gasteiger partial charge < -0.3 is 0 Å². The van der Waals surface area contributed by atoms with Crippen molar-refractivity contribution in [1.82, 2.24) is 5.43 Å². The van der Waals surface area contributed by atoms with Gasteiger partial charge in [0.25, 0.3) is 5.91 Å². The molecular weight excluding hydrogens is 199 g/mol. The Morgan fingerprint density at radius 3 is 2.50 bits per heavy atom. The van der Waals surface area contributed by atoms with E-state index < -0.39 is 0 Å². The van der Waals surface area contributed by atoms with E-state index in [1.807, 2.05) is 5.43 Å². The Morgan fingerprint density at radius 1 is 1.42 bits per heavy atom. The molecular formula is C7H8Cl2N2O. The number of carbonyl (C=O) groups excluding carboxylic acids is 1. The maximum atomic E-state index is 10.9. The number of hydrazine groups is 1. The van der Waals surface area contributed by atoms with Gasteiger partial charge >= 0.3 is 0 Å². The van der Waals surface area contributed by atoms with Crippen molar-refractivity contribution < 1.29 is 4.79 Å². The molecule has 0 saturated carbocycles. The van der Waals surface area contributed by atoms with E-state index in [0.717, 1.165) is 0 Å². The fraction of sp³-hybridized carbons (Fsp3) is 0. The molecule has 0 heterocycles. The monoisotopic (exact) mass is 206 g/mol. The summed E-state index contributed by atoms with van der Waals surface area (Å²) in [5.74, 6) is 4.54. The number of hydrogen-bond acceptors (Lipinski definition) is 2. The molecule has 0 spiro atoms. The number of rotatable bonds is 1. The minimum atomic E-state index is -0.379. The number of carbonyl (C=O) groups is 1. The second kappa shape index (κ2) is 4.98. The van der Waals surface area contributed by atoms with Crippen LogP contribution in [0, 0.1) is 0 Å². The summed E-state index contributed by atoms with van der Waals surface area (Å²) in [6, 6.07) is 6.70. The van der Waals surface area contributed by atoms with Gasteiger partial charge in [-0.3, -0.25) is 10.2 Å². The zero-order valence-corrected chi connectivity index (χ0v) is 7.65. The molecule has 0 aliphatic heterocycles. The molecule has 0 fully saturated rings. The molecule has 0 bridgehead atoms. The molecule has 66 valence electrons. The number of nitrogens with one attached hydrogen (secondary N) is 1. The van der Waals surface area contributed by atoms with Crippen LogP contribution >= 0.6 is 24.0 Å². The molecule has 0 saturated heterocycles. The third-order valence-corrected chi connectivity index (χ3v) is 1.58. The van der Waals surface area contributed by atoms with Crippen molar-refractivity contribution in [3.05, 3.63) is 34.9 Å². The van der Waals surface area contributed by atoms with Gasteiger partial charge in [0.1, 0.15) is 0 Å². The second-order valence-corrected chi connectivity index (χ2v) is 2.36. The average molecular weight is 207 g/mol. The summed E-state index contributed by atoms with van der Waals surface area (Å²) in [5.41, 5.74) is 2.38. The van der Waals surface area contributed by atoms with Gasteiger partial charge in [0.05, 0.1) is 10.6 Å². The summed E-state index contributed by atoms with van der Waals surface area (Å²) in [5, 5.41) is 0.399. The lowest BCUT2D eigenvalue weighted by Gasteiger charge is -1.99. The van der Waals surface area contributed by atoms with Gasteiger partial charge in [0.2, 0.25) is 0 Å². The van der Waals surface area contributed by atoms with Crippen LogP contribution in [0.15, 0.2) is 24.3 Å². The summed E-state index contributed by atoms with van der Waals surface area (Å²) < 4.78 is 0. The molecule has 1 rings (SSSR count). The fourth-order valence-electron chi connectivity index (χ4n) is 0.723. The predicted molar refractivity (Wildman–Crippen MR) is 50.4 cm³/mol. The number of nitrogens with two attached hydrogens (primary N) is 1. The molecule has 0 atom stereocenters. The van der Waals surface area contributed by atoms with Gasteiger partial charge in [-0.2, -0.15) is 0 Å². The van der Waals surface area contributed by atoms with Gasteiger partial charge in [-0.1, -0.05) is 23.7 Å². The molecule has 0 unspecified atom stereocenters. The summed E-state index contributed by atoms with van der Waals surface area (Å²) >= 11 is 5.68. The minimum Gasteiger partial charge on any atom is -0.290 e. The molecule has 5 heteroatoms. The van der Waals surface area contributed by atoms with E-state index in [-0.39, 0.29) is 18.3 Å². The fourth-order valence-corrected chi connectivity index (χ4v) is 0.945. The molecule has 0 aromatic heterocycles. The standard InChI is InChI=1S/C7H7ClN2O.ClH/c8-6-4-2-1-3-5(6)7(11)10-9;/h1-4H,9H2,(H,10,11);1H. The van der Waals surface area contributed by atoms with Crippen LogP contribution < -0.4 is 11.3 Å². The quantitative estimate of drug-likeness (QED) is 0.415. The summed E-state index contributed by atoms with van der Waals surface area (Å²) in [6.45, 7) is 0. The number of benzene rings is 1. The highest BCUT2D eigenvalue weighted by atomic mass is 35.5. The number of nitrogen functional groups attached to an aromatic ring is 1. The Bertz CT molecular complexity index is 278. The Morgan fingerprint density at radius 2 is 2.00 bits per heavy atom. The molecule has 0 aliphatic carbocycles. The number of amides is 1. The highest BCUT2D eigenvalue weighted by Crippen LogP contribution is 2.13. The van der Waals surface area contributed by atoms with Crippen LogP contribution in [0.3, 0.4) is 0 Å². The lowest BCUT2D eigenvalue weighted by atomic mass is 10.2. The third kappa shape index (κ3) is 2.37. The van der Waals surface area contributed by atoms with Crippen molar-refractivity contribution in [1.29, 1.82) is 0 Å². The Balaban J connectivity index is 0.00000121. The zero-order chi connectivity index (χ0) is 8.27. The van der Waals surface area contributed by atoms with Crippen molar-refractivity contribution >= 4 is 29.9 Å². The first-order valence-corrected chi connectivity index (χ1v) is 3.39. The Kier molecular flexibility index (Phi) is 4.66. The van der Waals surface area contributed by atoms with Gasteiger partial charge in [-0.05, 0) is 12.1 Å². The van der Waals surface area contributed by atoms with Crippen molar-refractivity contribution in [2.24, 2.45) is 5.84 Å². The van der Waals surface area contributed by atoms with Gasteiger partial charge in [0, 0.05) is 0 Å². The van der Waals surface area contributed by atoms with E-state index in [1.54, 1.807) is 24.3 Å². The largest absolute Gasteiger partial charge is 0.290 e. The van der Waals surface area contributed by atoms with Crippen LogP contribution in [0.4, 0.5) is 0 Å². The van der Waals surface area contributed by atoms with E-state index >= 15 is 0 Å². The van der Waals surface area contributed by atoms with E-state index in [4.69, 9.17) is 17.4 Å². The molecule has 12 heavy (non-hydrogen) atoms. The summed E-state index contributed by atoms with van der Waals surface area (Å²) in [7, 11) is 0. The minimum absolute atomic E-state index is 0. The normalized spacial score (nSPS) is 8.50. The summed E-state index contributed by atoms with van der Waals surface area (Å²) in [6.07, 6.45) is 0. The van der Waals surface area contributed by atoms with Crippen molar-refractivity contribution in [2.45, 2.75) is 0 Å². The third-order valence-electron chi connectivity index (χ3n) is 1.25. The highest BCUT2D eigenvalue weighted by molar-refractivity contribution is 6.33. The molecule has 1 amide bonds. The van der Waals surface area contributed by atoms with Crippen molar-refractivity contribution in [3.8, 4) is 0 Å². The van der Waals surface area contributed by atoms with Crippen LogP contribution in [0.2, 0.25) is 5.02 Å². The Labute approximate surface area is 81.3 Å². The molecule has 3 nitrogen and oxygen atoms in total. The first kappa shape index (κ1) is 11.2. The van der Waals surface area contributed by atoms with Crippen LogP contribution in [0.5, 0.6) is 0 Å². The van der Waals surface area contributed by atoms with Crippen LogP contribution in [-0.2, 0) is 0 Å². The van der Waals surface area contributed by atoms with E-state index in [2.05, 4.69) is 0 Å². The zero-order valence-electron chi connectivity index (χ0n) is 6.08. The molecule has 1 aromatic carbocycles. The topological polar surface area (TPSA) is 55.1 Å². The maximum Gasteiger partial charge on any atom is 0.266 e. The maximum absolute atomic E-state index is 10.9. The first-order chi connectivity index (χ1) is 5.25. The second-order valence-electron chi connectivity index (χ2n) is 1.95. The van der Waals surface area contributed by atoms with Gasteiger partial charge in [-0.25, -0.2) is 5.84 Å². The SMILES string of the molecule is Cl.NNC(=O)c1ccccc1Cl. The van der Waals surface area contributed by atoms with Crippen molar-refractivity contribution in [3.63, 3.8) is 0 Å². The molecule has 0 aliphatic rings. The first-order valence-electron chi connectivity index (χ1n) is 3.01.